The topological polar surface area (TPSA) is 166 Å². The van der Waals surface area contributed by atoms with Crippen LogP contribution in [0.15, 0.2) is 42.5 Å². The predicted octanol–water partition coefficient (Wildman–Crippen LogP) is 1.29. The van der Waals surface area contributed by atoms with Crippen LogP contribution in [0.4, 0.5) is 30.2 Å². The highest BCUT2D eigenvalue weighted by molar-refractivity contribution is 6.03. The summed E-state index contributed by atoms with van der Waals surface area (Å²) >= 11 is 0. The van der Waals surface area contributed by atoms with Crippen molar-refractivity contribution in [2.75, 3.05) is 29.1 Å². The van der Waals surface area contributed by atoms with Gasteiger partial charge in [-0.15, -0.1) is 0 Å². The fourth-order valence-electron chi connectivity index (χ4n) is 2.84. The molecule has 8 N–H and O–H groups in total. The van der Waals surface area contributed by atoms with Gasteiger partial charge in [0.1, 0.15) is 11.9 Å². The molecule has 0 aliphatic heterocycles. The van der Waals surface area contributed by atoms with Crippen LogP contribution in [0.25, 0.3) is 0 Å². The molecular formula is C20H22F3N5O4. The number of alkyl halides is 3. The van der Waals surface area contributed by atoms with Gasteiger partial charge in [-0.3, -0.25) is 15.0 Å². The van der Waals surface area contributed by atoms with Crippen molar-refractivity contribution in [3.63, 3.8) is 0 Å². The van der Waals surface area contributed by atoms with Crippen molar-refractivity contribution in [1.82, 2.24) is 0 Å². The third-order valence-corrected chi connectivity index (χ3v) is 4.39. The van der Waals surface area contributed by atoms with Gasteiger partial charge in [-0.1, -0.05) is 0 Å². The Bertz CT molecular complexity index is 996. The number of halogens is 3. The highest BCUT2D eigenvalue weighted by atomic mass is 19.4. The molecule has 0 bridgehead atoms. The van der Waals surface area contributed by atoms with E-state index in [9.17, 15) is 33.0 Å². The van der Waals surface area contributed by atoms with Gasteiger partial charge in [-0.05, 0) is 42.5 Å². The second-order valence-corrected chi connectivity index (χ2v) is 6.74. The van der Waals surface area contributed by atoms with Gasteiger partial charge in [0.15, 0.2) is 0 Å². The van der Waals surface area contributed by atoms with Crippen LogP contribution in [-0.2, 0) is 15.8 Å². The van der Waals surface area contributed by atoms with E-state index in [2.05, 4.69) is 5.32 Å². The number of amides is 2. The maximum atomic E-state index is 12.7. The number of amidine groups is 1. The van der Waals surface area contributed by atoms with E-state index in [0.29, 0.717) is 0 Å². The first-order chi connectivity index (χ1) is 14.9. The van der Waals surface area contributed by atoms with Crippen LogP contribution in [0.5, 0.6) is 0 Å². The van der Waals surface area contributed by atoms with E-state index in [1.54, 1.807) is 0 Å². The molecular weight excluding hydrogens is 431 g/mol. The minimum absolute atomic E-state index is 0.0177. The number of benzene rings is 2. The Kier molecular flexibility index (Phi) is 7.78. The zero-order valence-electron chi connectivity index (χ0n) is 16.7. The van der Waals surface area contributed by atoms with Crippen molar-refractivity contribution < 1.29 is 33.0 Å². The van der Waals surface area contributed by atoms with Gasteiger partial charge < -0.3 is 31.9 Å². The van der Waals surface area contributed by atoms with Crippen LogP contribution < -0.4 is 21.7 Å². The molecule has 2 amide bonds. The maximum absolute atomic E-state index is 12.7. The Labute approximate surface area is 180 Å². The standard InChI is InChI=1S/C20H22F3N5O4/c21-20(22,23)11-1-4-13(5-2-11)28(7-8-29)19(32)16(30)10-17(31)27-12-3-6-14(18(25)26)15(24)9-12/h1-6,9,16,29-30H,7-8,10,24H2,(H3,25,26)(H,27,31). The van der Waals surface area contributed by atoms with E-state index in [0.717, 1.165) is 29.2 Å². The number of nitrogen functional groups attached to an aromatic ring is 2. The number of anilines is 3. The molecule has 1 unspecified atom stereocenters. The zero-order valence-corrected chi connectivity index (χ0v) is 16.7. The van der Waals surface area contributed by atoms with Crippen LogP contribution >= 0.6 is 0 Å². The van der Waals surface area contributed by atoms with E-state index < -0.39 is 42.7 Å². The average molecular weight is 453 g/mol. The Morgan fingerprint density at radius 1 is 1.16 bits per heavy atom. The molecule has 0 saturated carbocycles. The molecule has 0 heterocycles. The van der Waals surface area contributed by atoms with E-state index in [-0.39, 0.29) is 35.0 Å². The molecule has 0 aliphatic carbocycles. The number of nitrogens with one attached hydrogen (secondary N) is 2. The summed E-state index contributed by atoms with van der Waals surface area (Å²) in [5, 5.41) is 29.2. The van der Waals surface area contributed by atoms with Crippen LogP contribution in [0, 0.1) is 5.41 Å². The highest BCUT2D eigenvalue weighted by Crippen LogP contribution is 2.30. The Hall–Kier alpha value is -3.64. The van der Waals surface area contributed by atoms with Gasteiger partial charge >= 0.3 is 6.18 Å². The summed E-state index contributed by atoms with van der Waals surface area (Å²) in [5.74, 6) is -1.97. The average Bonchev–Trinajstić information content (AvgIpc) is 2.70. The molecule has 9 nitrogen and oxygen atoms in total. The molecule has 2 rings (SSSR count). The van der Waals surface area contributed by atoms with Crippen molar-refractivity contribution in [1.29, 1.82) is 5.41 Å². The van der Waals surface area contributed by atoms with Crippen molar-refractivity contribution in [2.24, 2.45) is 5.73 Å². The lowest BCUT2D eigenvalue weighted by atomic mass is 10.1. The monoisotopic (exact) mass is 453 g/mol. The molecule has 0 fully saturated rings. The number of hydrogen-bond acceptors (Lipinski definition) is 6. The minimum Gasteiger partial charge on any atom is -0.398 e. The minimum atomic E-state index is -4.56. The van der Waals surface area contributed by atoms with Crippen LogP contribution in [0.1, 0.15) is 17.5 Å². The third-order valence-electron chi connectivity index (χ3n) is 4.39. The molecule has 0 radical (unpaired) electrons. The van der Waals surface area contributed by atoms with Crippen LogP contribution in [-0.4, -0.2) is 47.1 Å². The second kappa shape index (κ2) is 10.1. The first-order valence-corrected chi connectivity index (χ1v) is 9.25. The summed E-state index contributed by atoms with van der Waals surface area (Å²) in [6.45, 7) is -0.820. The predicted molar refractivity (Wildman–Crippen MR) is 112 cm³/mol. The van der Waals surface area contributed by atoms with Gasteiger partial charge in [0.05, 0.1) is 18.6 Å². The van der Waals surface area contributed by atoms with E-state index in [1.807, 2.05) is 0 Å². The lowest BCUT2D eigenvalue weighted by Gasteiger charge is -2.25. The van der Waals surface area contributed by atoms with Gasteiger partial charge in [0.2, 0.25) is 5.91 Å². The number of aliphatic hydroxyl groups excluding tert-OH is 2. The second-order valence-electron chi connectivity index (χ2n) is 6.74. The van der Waals surface area contributed by atoms with Gasteiger partial charge in [-0.2, -0.15) is 13.2 Å². The Balaban J connectivity index is 2.08. The SMILES string of the molecule is N=C(N)c1ccc(NC(=O)CC(O)C(=O)N(CCO)c2ccc(C(F)(F)F)cc2)cc1N. The Morgan fingerprint density at radius 3 is 2.28 bits per heavy atom. The van der Waals surface area contributed by atoms with E-state index >= 15 is 0 Å². The molecule has 0 spiro atoms. The quantitative estimate of drug-likeness (QED) is 0.200. The number of carbonyl (C=O) groups excluding carboxylic acids is 2. The lowest BCUT2D eigenvalue weighted by Crippen LogP contribution is -2.42. The normalized spacial score (nSPS) is 12.2. The molecule has 12 heteroatoms. The lowest BCUT2D eigenvalue weighted by molar-refractivity contribution is -0.137. The Morgan fingerprint density at radius 2 is 1.78 bits per heavy atom. The molecule has 172 valence electrons. The fourth-order valence-corrected chi connectivity index (χ4v) is 2.84. The van der Waals surface area contributed by atoms with Gasteiger partial charge in [0, 0.05) is 29.2 Å². The third kappa shape index (κ3) is 6.18. The summed E-state index contributed by atoms with van der Waals surface area (Å²) in [6, 6.07) is 7.79. The molecule has 32 heavy (non-hydrogen) atoms. The van der Waals surface area contributed by atoms with Crippen LogP contribution in [0.3, 0.4) is 0 Å². The summed E-state index contributed by atoms with van der Waals surface area (Å²) < 4.78 is 38.2. The maximum Gasteiger partial charge on any atom is 0.416 e. The van der Waals surface area contributed by atoms with Crippen molar-refractivity contribution in [2.45, 2.75) is 18.7 Å². The zero-order chi connectivity index (χ0) is 24.1. The number of hydrogen-bond donors (Lipinski definition) is 6. The molecule has 2 aromatic carbocycles. The summed E-state index contributed by atoms with van der Waals surface area (Å²) in [5.41, 5.74) is 10.9. The van der Waals surface area contributed by atoms with Crippen molar-refractivity contribution in [3.05, 3.63) is 53.6 Å². The van der Waals surface area contributed by atoms with Crippen molar-refractivity contribution in [3.8, 4) is 0 Å². The first-order valence-electron chi connectivity index (χ1n) is 9.25. The number of nitrogens with zero attached hydrogens (tertiary/aromatic N) is 1. The largest absolute Gasteiger partial charge is 0.416 e. The number of rotatable bonds is 8. The number of carbonyl (C=O) groups is 2. The molecule has 2 aromatic rings. The summed E-state index contributed by atoms with van der Waals surface area (Å²) in [6.07, 6.45) is -7.04. The van der Waals surface area contributed by atoms with Crippen molar-refractivity contribution >= 4 is 34.7 Å². The summed E-state index contributed by atoms with van der Waals surface area (Å²) in [7, 11) is 0. The molecule has 1 atom stereocenters. The molecule has 0 saturated heterocycles. The number of aliphatic hydroxyl groups is 2. The van der Waals surface area contributed by atoms with Crippen LogP contribution in [0.2, 0.25) is 0 Å². The molecule has 0 aliphatic rings. The number of nitrogens with two attached hydrogens (primary N) is 2. The van der Waals surface area contributed by atoms with E-state index in [1.165, 1.54) is 18.2 Å². The summed E-state index contributed by atoms with van der Waals surface area (Å²) in [4.78, 5) is 25.7. The smallest absolute Gasteiger partial charge is 0.398 e. The van der Waals surface area contributed by atoms with E-state index in [4.69, 9.17) is 16.9 Å². The van der Waals surface area contributed by atoms with Gasteiger partial charge in [-0.25, -0.2) is 0 Å². The fraction of sp³-hybridized carbons (Fsp3) is 0.250. The highest BCUT2D eigenvalue weighted by Gasteiger charge is 2.31. The molecule has 0 aromatic heterocycles. The van der Waals surface area contributed by atoms with Gasteiger partial charge in [0.25, 0.3) is 5.91 Å². The first kappa shape index (κ1) is 24.6.